The van der Waals surface area contributed by atoms with E-state index in [9.17, 15) is 13.2 Å². The summed E-state index contributed by atoms with van der Waals surface area (Å²) in [4.78, 5) is 12.2. The molecule has 1 aromatic heterocycles. The fourth-order valence-electron chi connectivity index (χ4n) is 2.34. The fourth-order valence-corrected chi connectivity index (χ4v) is 4.59. The van der Waals surface area contributed by atoms with Crippen molar-refractivity contribution in [1.82, 2.24) is 4.31 Å². The van der Waals surface area contributed by atoms with Gasteiger partial charge in [0.2, 0.25) is 10.0 Å². The Bertz CT molecular complexity index is 805. The molecular weight excluding hydrogens is 338 g/mol. The van der Waals surface area contributed by atoms with Crippen molar-refractivity contribution in [2.75, 3.05) is 26.3 Å². The van der Waals surface area contributed by atoms with Gasteiger partial charge in [-0.25, -0.2) is 13.2 Å². The number of hydrogen-bond acceptors (Lipinski definition) is 5. The van der Waals surface area contributed by atoms with E-state index in [0.717, 1.165) is 21.8 Å². The van der Waals surface area contributed by atoms with Crippen LogP contribution in [0.2, 0.25) is 0 Å². The van der Waals surface area contributed by atoms with Gasteiger partial charge in [-0.05, 0) is 29.8 Å². The first-order valence-electron chi connectivity index (χ1n) is 7.00. The molecule has 0 unspecified atom stereocenters. The van der Waals surface area contributed by atoms with Gasteiger partial charge in [-0.15, -0.1) is 11.3 Å². The number of carboxylic acid groups (broad SMARTS) is 1. The quantitative estimate of drug-likeness (QED) is 0.910. The SMILES string of the molecule is O=C(O)c1ccc(-c2ccc(S(=O)(=O)N3CCOCC3)cc2)s1. The van der Waals surface area contributed by atoms with Crippen LogP contribution in [0.25, 0.3) is 10.4 Å². The average molecular weight is 353 g/mol. The van der Waals surface area contributed by atoms with Gasteiger partial charge in [-0.3, -0.25) is 0 Å². The predicted molar refractivity (Wildman–Crippen MR) is 86.3 cm³/mol. The molecule has 23 heavy (non-hydrogen) atoms. The molecule has 2 aromatic rings. The highest BCUT2D eigenvalue weighted by Crippen LogP contribution is 2.29. The number of carbonyl (C=O) groups is 1. The number of nitrogens with zero attached hydrogens (tertiary/aromatic N) is 1. The van der Waals surface area contributed by atoms with E-state index in [4.69, 9.17) is 9.84 Å². The zero-order valence-electron chi connectivity index (χ0n) is 12.1. The molecule has 0 radical (unpaired) electrons. The first-order valence-corrected chi connectivity index (χ1v) is 9.25. The summed E-state index contributed by atoms with van der Waals surface area (Å²) in [5.74, 6) is -0.965. The van der Waals surface area contributed by atoms with Crippen LogP contribution in [0.4, 0.5) is 0 Å². The lowest BCUT2D eigenvalue weighted by Gasteiger charge is -2.26. The molecule has 1 aliphatic heterocycles. The van der Waals surface area contributed by atoms with Crippen LogP contribution in [0, 0.1) is 0 Å². The van der Waals surface area contributed by atoms with E-state index in [-0.39, 0.29) is 9.77 Å². The smallest absolute Gasteiger partial charge is 0.345 e. The van der Waals surface area contributed by atoms with Crippen molar-refractivity contribution in [3.8, 4) is 10.4 Å². The zero-order valence-corrected chi connectivity index (χ0v) is 13.8. The van der Waals surface area contributed by atoms with Crippen LogP contribution in [0.3, 0.4) is 0 Å². The summed E-state index contributed by atoms with van der Waals surface area (Å²) < 4.78 is 31.6. The summed E-state index contributed by atoms with van der Waals surface area (Å²) in [6.07, 6.45) is 0. The molecule has 0 atom stereocenters. The molecule has 8 heteroatoms. The maximum absolute atomic E-state index is 12.5. The van der Waals surface area contributed by atoms with Gasteiger partial charge >= 0.3 is 5.97 Å². The third-order valence-corrected chi connectivity index (χ3v) is 6.60. The summed E-state index contributed by atoms with van der Waals surface area (Å²) in [5, 5.41) is 8.96. The highest BCUT2D eigenvalue weighted by Gasteiger charge is 2.26. The number of ether oxygens (including phenoxy) is 1. The van der Waals surface area contributed by atoms with Crippen molar-refractivity contribution in [3.05, 3.63) is 41.3 Å². The number of hydrogen-bond donors (Lipinski definition) is 1. The first kappa shape index (κ1) is 16.1. The monoisotopic (exact) mass is 353 g/mol. The first-order chi connectivity index (χ1) is 11.0. The van der Waals surface area contributed by atoms with Crippen molar-refractivity contribution in [3.63, 3.8) is 0 Å². The number of benzene rings is 1. The summed E-state index contributed by atoms with van der Waals surface area (Å²) in [5.41, 5.74) is 0.795. The molecule has 1 saturated heterocycles. The van der Waals surface area contributed by atoms with Crippen LogP contribution < -0.4 is 0 Å². The van der Waals surface area contributed by atoms with Crippen molar-refractivity contribution in [2.45, 2.75) is 4.90 Å². The van der Waals surface area contributed by atoms with Crippen LogP contribution in [-0.2, 0) is 14.8 Å². The van der Waals surface area contributed by atoms with E-state index in [0.29, 0.717) is 26.3 Å². The second-order valence-corrected chi connectivity index (χ2v) is 8.03. The Kier molecular flexibility index (Phi) is 4.49. The second-order valence-electron chi connectivity index (χ2n) is 5.01. The number of thiophene rings is 1. The number of morpholine rings is 1. The average Bonchev–Trinajstić information content (AvgIpc) is 3.06. The van der Waals surface area contributed by atoms with Gasteiger partial charge in [0, 0.05) is 18.0 Å². The predicted octanol–water partition coefficient (Wildman–Crippen LogP) is 2.13. The van der Waals surface area contributed by atoms with Gasteiger partial charge < -0.3 is 9.84 Å². The third kappa shape index (κ3) is 3.30. The summed E-state index contributed by atoms with van der Waals surface area (Å²) in [6, 6.07) is 9.77. The lowest BCUT2D eigenvalue weighted by Crippen LogP contribution is -2.40. The number of rotatable bonds is 4. The van der Waals surface area contributed by atoms with Crippen molar-refractivity contribution in [2.24, 2.45) is 0 Å². The molecule has 3 rings (SSSR count). The summed E-state index contributed by atoms with van der Waals surface area (Å²) >= 11 is 1.16. The Morgan fingerprint density at radius 1 is 1.09 bits per heavy atom. The fraction of sp³-hybridized carbons (Fsp3) is 0.267. The van der Waals surface area contributed by atoms with E-state index in [1.165, 1.54) is 4.31 Å². The van der Waals surface area contributed by atoms with Gasteiger partial charge in [0.1, 0.15) is 4.88 Å². The van der Waals surface area contributed by atoms with Crippen molar-refractivity contribution in [1.29, 1.82) is 0 Å². The van der Waals surface area contributed by atoms with E-state index in [1.807, 2.05) is 0 Å². The third-order valence-electron chi connectivity index (χ3n) is 3.56. The summed E-state index contributed by atoms with van der Waals surface area (Å²) in [7, 11) is -3.51. The Hall–Kier alpha value is -1.74. The molecule has 6 nitrogen and oxygen atoms in total. The van der Waals surface area contributed by atoms with E-state index < -0.39 is 16.0 Å². The van der Waals surface area contributed by atoms with Crippen LogP contribution in [0.15, 0.2) is 41.3 Å². The molecule has 0 saturated carbocycles. The molecule has 1 aromatic carbocycles. The highest BCUT2D eigenvalue weighted by molar-refractivity contribution is 7.89. The van der Waals surface area contributed by atoms with Crippen molar-refractivity contribution >= 4 is 27.3 Å². The maximum Gasteiger partial charge on any atom is 0.345 e. The Morgan fingerprint density at radius 2 is 1.74 bits per heavy atom. The Labute approximate surface area is 138 Å². The molecule has 122 valence electrons. The Balaban J connectivity index is 1.85. The number of sulfonamides is 1. The zero-order chi connectivity index (χ0) is 16.4. The number of carboxylic acids is 1. The standard InChI is InChI=1S/C15H15NO5S2/c17-15(18)14-6-5-13(22-14)11-1-3-12(4-2-11)23(19,20)16-7-9-21-10-8-16/h1-6H,7-10H2,(H,17,18). The van der Waals surface area contributed by atoms with Crippen LogP contribution in [-0.4, -0.2) is 50.1 Å². The van der Waals surface area contributed by atoms with Crippen LogP contribution in [0.5, 0.6) is 0 Å². The normalized spacial score (nSPS) is 16.3. The number of aromatic carboxylic acids is 1. The van der Waals surface area contributed by atoms with Gasteiger partial charge in [0.25, 0.3) is 0 Å². The van der Waals surface area contributed by atoms with E-state index in [1.54, 1.807) is 36.4 Å². The van der Waals surface area contributed by atoms with Crippen LogP contribution in [0.1, 0.15) is 9.67 Å². The lowest BCUT2D eigenvalue weighted by molar-refractivity contribution is 0.0702. The maximum atomic E-state index is 12.5. The van der Waals surface area contributed by atoms with Gasteiger partial charge in [-0.2, -0.15) is 4.31 Å². The summed E-state index contributed by atoms with van der Waals surface area (Å²) in [6.45, 7) is 1.53. The minimum Gasteiger partial charge on any atom is -0.477 e. The molecule has 1 aliphatic rings. The highest BCUT2D eigenvalue weighted by atomic mass is 32.2. The minimum absolute atomic E-state index is 0.234. The second kappa shape index (κ2) is 6.40. The van der Waals surface area contributed by atoms with Crippen LogP contribution >= 0.6 is 11.3 Å². The van der Waals surface area contributed by atoms with Gasteiger partial charge in [0.05, 0.1) is 18.1 Å². The molecule has 0 amide bonds. The molecule has 0 spiro atoms. The van der Waals surface area contributed by atoms with Gasteiger partial charge in [-0.1, -0.05) is 12.1 Å². The van der Waals surface area contributed by atoms with Crippen molar-refractivity contribution < 1.29 is 23.1 Å². The Morgan fingerprint density at radius 3 is 2.30 bits per heavy atom. The molecule has 1 N–H and O–H groups in total. The molecule has 0 bridgehead atoms. The molecule has 0 aliphatic carbocycles. The lowest BCUT2D eigenvalue weighted by atomic mass is 10.2. The van der Waals surface area contributed by atoms with E-state index in [2.05, 4.69) is 0 Å². The topological polar surface area (TPSA) is 83.9 Å². The van der Waals surface area contributed by atoms with Gasteiger partial charge in [0.15, 0.2) is 0 Å². The van der Waals surface area contributed by atoms with E-state index >= 15 is 0 Å². The molecule has 1 fully saturated rings. The molecular formula is C15H15NO5S2. The largest absolute Gasteiger partial charge is 0.477 e. The minimum atomic E-state index is -3.51. The molecule has 2 heterocycles.